The van der Waals surface area contributed by atoms with Crippen LogP contribution in [0.3, 0.4) is 0 Å². The SMILES string of the molecule is Cc1nc(-c2ccc(F)cc2)nc(N2CCN(CC(=O)O)CC2)c1C. The summed E-state index contributed by atoms with van der Waals surface area (Å²) in [7, 11) is 0. The number of hydrogen-bond acceptors (Lipinski definition) is 5. The third kappa shape index (κ3) is 3.93. The van der Waals surface area contributed by atoms with Crippen LogP contribution < -0.4 is 4.90 Å². The molecule has 2 heterocycles. The van der Waals surface area contributed by atoms with E-state index in [9.17, 15) is 9.18 Å². The highest BCUT2D eigenvalue weighted by Gasteiger charge is 2.22. The Kier molecular flexibility index (Phi) is 4.94. The van der Waals surface area contributed by atoms with E-state index in [1.165, 1.54) is 12.1 Å². The van der Waals surface area contributed by atoms with Crippen molar-refractivity contribution in [3.05, 3.63) is 41.3 Å². The molecule has 1 fully saturated rings. The molecular formula is C18H21FN4O2. The number of benzene rings is 1. The molecule has 1 aliphatic rings. The molecule has 1 aromatic heterocycles. The minimum absolute atomic E-state index is 0.0659. The number of carboxylic acid groups (broad SMARTS) is 1. The fourth-order valence-electron chi connectivity index (χ4n) is 2.96. The van der Waals surface area contributed by atoms with Gasteiger partial charge in [-0.05, 0) is 38.1 Å². The molecule has 0 aliphatic carbocycles. The highest BCUT2D eigenvalue weighted by atomic mass is 19.1. The molecule has 0 unspecified atom stereocenters. The van der Waals surface area contributed by atoms with Gasteiger partial charge in [0.25, 0.3) is 0 Å². The molecule has 1 saturated heterocycles. The monoisotopic (exact) mass is 344 g/mol. The van der Waals surface area contributed by atoms with E-state index in [1.807, 2.05) is 18.7 Å². The first-order valence-electron chi connectivity index (χ1n) is 8.24. The van der Waals surface area contributed by atoms with Gasteiger partial charge in [-0.1, -0.05) is 0 Å². The first kappa shape index (κ1) is 17.3. The van der Waals surface area contributed by atoms with Gasteiger partial charge in [0.15, 0.2) is 5.82 Å². The number of nitrogens with zero attached hydrogens (tertiary/aromatic N) is 4. The second-order valence-corrected chi connectivity index (χ2v) is 6.25. The highest BCUT2D eigenvalue weighted by Crippen LogP contribution is 2.25. The van der Waals surface area contributed by atoms with Gasteiger partial charge >= 0.3 is 5.97 Å². The van der Waals surface area contributed by atoms with E-state index in [1.54, 1.807) is 12.1 Å². The van der Waals surface area contributed by atoms with E-state index < -0.39 is 5.97 Å². The summed E-state index contributed by atoms with van der Waals surface area (Å²) in [5.41, 5.74) is 2.67. The predicted molar refractivity (Wildman–Crippen MR) is 93.2 cm³/mol. The molecule has 0 amide bonds. The molecule has 0 spiro atoms. The normalized spacial score (nSPS) is 15.4. The number of carboxylic acids is 1. The average molecular weight is 344 g/mol. The minimum atomic E-state index is -0.805. The van der Waals surface area contributed by atoms with Crippen LogP contribution in [0.2, 0.25) is 0 Å². The quantitative estimate of drug-likeness (QED) is 0.916. The van der Waals surface area contributed by atoms with Crippen molar-refractivity contribution in [1.29, 1.82) is 0 Å². The van der Waals surface area contributed by atoms with Crippen molar-refractivity contribution in [3.8, 4) is 11.4 Å². The number of aliphatic carboxylic acids is 1. The summed E-state index contributed by atoms with van der Waals surface area (Å²) in [6.07, 6.45) is 0. The van der Waals surface area contributed by atoms with Crippen molar-refractivity contribution in [3.63, 3.8) is 0 Å². The topological polar surface area (TPSA) is 69.6 Å². The summed E-state index contributed by atoms with van der Waals surface area (Å²) in [5.74, 6) is 0.344. The number of piperazine rings is 1. The molecule has 132 valence electrons. The van der Waals surface area contributed by atoms with E-state index in [0.29, 0.717) is 32.0 Å². The Bertz CT molecular complexity index is 771. The molecule has 2 aromatic rings. The van der Waals surface area contributed by atoms with Crippen LogP contribution in [0.25, 0.3) is 11.4 Å². The lowest BCUT2D eigenvalue weighted by atomic mass is 10.1. The number of aryl methyl sites for hydroxylation is 1. The van der Waals surface area contributed by atoms with Crippen molar-refractivity contribution in [2.75, 3.05) is 37.6 Å². The van der Waals surface area contributed by atoms with E-state index >= 15 is 0 Å². The van der Waals surface area contributed by atoms with Crippen LogP contribution in [0.1, 0.15) is 11.3 Å². The molecule has 1 N–H and O–H groups in total. The van der Waals surface area contributed by atoms with E-state index in [0.717, 1.165) is 22.6 Å². The Morgan fingerprint density at radius 1 is 1.12 bits per heavy atom. The largest absolute Gasteiger partial charge is 0.480 e. The van der Waals surface area contributed by atoms with Crippen molar-refractivity contribution in [2.45, 2.75) is 13.8 Å². The van der Waals surface area contributed by atoms with E-state index in [2.05, 4.69) is 9.88 Å². The number of aromatic nitrogens is 2. The Hall–Kier alpha value is -2.54. The zero-order chi connectivity index (χ0) is 18.0. The zero-order valence-corrected chi connectivity index (χ0v) is 14.4. The first-order chi connectivity index (χ1) is 11.9. The molecule has 1 aromatic carbocycles. The van der Waals surface area contributed by atoms with Crippen LogP contribution >= 0.6 is 0 Å². The number of carbonyl (C=O) groups is 1. The lowest BCUT2D eigenvalue weighted by molar-refractivity contribution is -0.138. The first-order valence-corrected chi connectivity index (χ1v) is 8.24. The summed E-state index contributed by atoms with van der Waals surface area (Å²) in [4.78, 5) is 24.2. The Labute approximate surface area is 145 Å². The van der Waals surface area contributed by atoms with Crippen LogP contribution in [-0.2, 0) is 4.79 Å². The van der Waals surface area contributed by atoms with Crippen LogP contribution in [0.15, 0.2) is 24.3 Å². The van der Waals surface area contributed by atoms with Gasteiger partial charge in [-0.2, -0.15) is 0 Å². The fraction of sp³-hybridized carbons (Fsp3) is 0.389. The Balaban J connectivity index is 1.84. The van der Waals surface area contributed by atoms with Crippen molar-refractivity contribution >= 4 is 11.8 Å². The lowest BCUT2D eigenvalue weighted by Crippen LogP contribution is -2.48. The summed E-state index contributed by atoms with van der Waals surface area (Å²) in [6.45, 7) is 6.79. The molecule has 3 rings (SSSR count). The molecule has 25 heavy (non-hydrogen) atoms. The number of rotatable bonds is 4. The maximum atomic E-state index is 13.1. The smallest absolute Gasteiger partial charge is 0.317 e. The standard InChI is InChI=1S/C18H21FN4O2/c1-12-13(2)20-17(14-3-5-15(19)6-4-14)21-18(12)23-9-7-22(8-10-23)11-16(24)25/h3-6H,7-11H2,1-2H3,(H,24,25). The second-order valence-electron chi connectivity index (χ2n) is 6.25. The van der Waals surface area contributed by atoms with Crippen LogP contribution in [0, 0.1) is 19.7 Å². The number of hydrogen-bond donors (Lipinski definition) is 1. The van der Waals surface area contributed by atoms with Gasteiger partial charge in [0, 0.05) is 43.0 Å². The minimum Gasteiger partial charge on any atom is -0.480 e. The van der Waals surface area contributed by atoms with E-state index in [4.69, 9.17) is 10.1 Å². The molecule has 6 nitrogen and oxygen atoms in total. The average Bonchev–Trinajstić information content (AvgIpc) is 2.58. The Morgan fingerprint density at radius 3 is 2.36 bits per heavy atom. The van der Waals surface area contributed by atoms with E-state index in [-0.39, 0.29) is 12.4 Å². The molecule has 0 radical (unpaired) electrons. The maximum Gasteiger partial charge on any atom is 0.317 e. The maximum absolute atomic E-state index is 13.1. The van der Waals surface area contributed by atoms with Gasteiger partial charge in [0.2, 0.25) is 0 Å². The van der Waals surface area contributed by atoms with Gasteiger partial charge in [0.1, 0.15) is 11.6 Å². The third-order valence-corrected chi connectivity index (χ3v) is 4.50. The summed E-state index contributed by atoms with van der Waals surface area (Å²) in [5, 5.41) is 8.91. The number of anilines is 1. The van der Waals surface area contributed by atoms with Crippen LogP contribution in [0.4, 0.5) is 10.2 Å². The lowest BCUT2D eigenvalue weighted by Gasteiger charge is -2.35. The van der Waals surface area contributed by atoms with Crippen LogP contribution in [-0.4, -0.2) is 58.7 Å². The fourth-order valence-corrected chi connectivity index (χ4v) is 2.96. The van der Waals surface area contributed by atoms with Crippen molar-refractivity contribution in [1.82, 2.24) is 14.9 Å². The van der Waals surface area contributed by atoms with Crippen LogP contribution in [0.5, 0.6) is 0 Å². The van der Waals surface area contributed by atoms with Gasteiger partial charge in [-0.15, -0.1) is 0 Å². The number of halogens is 1. The third-order valence-electron chi connectivity index (χ3n) is 4.50. The van der Waals surface area contributed by atoms with Crippen molar-refractivity contribution in [2.24, 2.45) is 0 Å². The van der Waals surface area contributed by atoms with Gasteiger partial charge in [0.05, 0.1) is 6.54 Å². The molecule has 1 aliphatic heterocycles. The summed E-state index contributed by atoms with van der Waals surface area (Å²) < 4.78 is 13.1. The summed E-state index contributed by atoms with van der Waals surface area (Å²) in [6, 6.07) is 6.15. The van der Waals surface area contributed by atoms with Gasteiger partial charge in [-0.3, -0.25) is 9.69 Å². The highest BCUT2D eigenvalue weighted by molar-refractivity contribution is 5.69. The molecule has 0 atom stereocenters. The summed E-state index contributed by atoms with van der Waals surface area (Å²) >= 11 is 0. The van der Waals surface area contributed by atoms with Crippen molar-refractivity contribution < 1.29 is 14.3 Å². The molecule has 0 bridgehead atoms. The molecule has 0 saturated carbocycles. The zero-order valence-electron chi connectivity index (χ0n) is 14.4. The Morgan fingerprint density at radius 2 is 1.76 bits per heavy atom. The van der Waals surface area contributed by atoms with Gasteiger partial charge in [-0.25, -0.2) is 14.4 Å². The molecular weight excluding hydrogens is 323 g/mol. The molecule has 7 heteroatoms. The second kappa shape index (κ2) is 7.14. The van der Waals surface area contributed by atoms with Gasteiger partial charge < -0.3 is 10.0 Å². The predicted octanol–water partition coefficient (Wildman–Crippen LogP) is 2.11.